The average Bonchev–Trinajstić information content (AvgIpc) is 2.29. The average molecular weight is 271 g/mol. The number of pyridine rings is 2. The molecule has 17 heavy (non-hydrogen) atoms. The van der Waals surface area contributed by atoms with Gasteiger partial charge in [-0.1, -0.05) is 23.2 Å². The maximum Gasteiger partial charge on any atom is 0.341 e. The molecule has 0 aliphatic rings. The van der Waals surface area contributed by atoms with Crippen molar-refractivity contribution in [3.63, 3.8) is 0 Å². The molecule has 0 amide bonds. The topological polar surface area (TPSA) is 52.1 Å². The van der Waals surface area contributed by atoms with E-state index in [1.165, 1.54) is 6.20 Å². The van der Waals surface area contributed by atoms with E-state index >= 15 is 0 Å². The fourth-order valence-electron chi connectivity index (χ4n) is 1.37. The van der Waals surface area contributed by atoms with E-state index in [-0.39, 0.29) is 17.2 Å². The molecule has 0 saturated heterocycles. The number of hydrogen-bond donors (Lipinski definition) is 0. The van der Waals surface area contributed by atoms with Crippen LogP contribution in [0.3, 0.4) is 0 Å². The Balaban J connectivity index is 2.58. The minimum Gasteiger partial charge on any atom is -0.462 e. The van der Waals surface area contributed by atoms with Crippen LogP contribution in [-0.4, -0.2) is 22.5 Å². The molecular weight excluding hydrogens is 263 g/mol. The molecule has 2 heterocycles. The lowest BCUT2D eigenvalue weighted by atomic mass is 10.2. The highest BCUT2D eigenvalue weighted by atomic mass is 35.5. The molecule has 0 saturated carbocycles. The maximum atomic E-state index is 11.6. The van der Waals surface area contributed by atoms with E-state index in [9.17, 15) is 4.79 Å². The van der Waals surface area contributed by atoms with E-state index in [1.807, 2.05) is 0 Å². The monoisotopic (exact) mass is 270 g/mol. The van der Waals surface area contributed by atoms with Crippen LogP contribution in [0.15, 0.2) is 18.3 Å². The van der Waals surface area contributed by atoms with Crippen molar-refractivity contribution in [2.24, 2.45) is 0 Å². The molecule has 0 aromatic carbocycles. The van der Waals surface area contributed by atoms with Crippen LogP contribution in [-0.2, 0) is 4.74 Å². The van der Waals surface area contributed by atoms with Crippen LogP contribution in [0.2, 0.25) is 10.2 Å². The number of halogens is 2. The van der Waals surface area contributed by atoms with Crippen molar-refractivity contribution in [3.05, 3.63) is 34.1 Å². The Bertz CT molecular complexity index is 587. The SMILES string of the molecule is CCOC(=O)c1cnc2nc(Cl)ccc2c1Cl. The van der Waals surface area contributed by atoms with E-state index in [1.54, 1.807) is 19.1 Å². The van der Waals surface area contributed by atoms with Gasteiger partial charge in [0, 0.05) is 11.6 Å². The summed E-state index contributed by atoms with van der Waals surface area (Å²) in [5.41, 5.74) is 0.626. The zero-order valence-electron chi connectivity index (χ0n) is 8.91. The van der Waals surface area contributed by atoms with Crippen molar-refractivity contribution in [2.45, 2.75) is 6.92 Å². The molecule has 0 bridgehead atoms. The van der Waals surface area contributed by atoms with Crippen LogP contribution < -0.4 is 0 Å². The van der Waals surface area contributed by atoms with Crippen LogP contribution in [0.25, 0.3) is 11.0 Å². The third-order valence-electron chi connectivity index (χ3n) is 2.13. The Hall–Kier alpha value is -1.39. The summed E-state index contributed by atoms with van der Waals surface area (Å²) in [6, 6.07) is 3.26. The normalized spacial score (nSPS) is 10.5. The summed E-state index contributed by atoms with van der Waals surface area (Å²) in [4.78, 5) is 19.6. The Labute approximate surface area is 108 Å². The second-order valence-electron chi connectivity index (χ2n) is 3.21. The highest BCUT2D eigenvalue weighted by Crippen LogP contribution is 2.26. The van der Waals surface area contributed by atoms with Crippen molar-refractivity contribution >= 4 is 40.2 Å². The first-order chi connectivity index (χ1) is 8.13. The molecular formula is C11H8Cl2N2O2. The predicted molar refractivity (Wildman–Crippen MR) is 65.5 cm³/mol. The van der Waals surface area contributed by atoms with Gasteiger partial charge in [-0.05, 0) is 19.1 Å². The first-order valence-electron chi connectivity index (χ1n) is 4.91. The van der Waals surface area contributed by atoms with Crippen LogP contribution in [0.5, 0.6) is 0 Å². The van der Waals surface area contributed by atoms with Crippen molar-refractivity contribution in [1.29, 1.82) is 0 Å². The molecule has 6 heteroatoms. The highest BCUT2D eigenvalue weighted by molar-refractivity contribution is 6.38. The van der Waals surface area contributed by atoms with Crippen LogP contribution in [0.1, 0.15) is 17.3 Å². The molecule has 0 atom stereocenters. The smallest absolute Gasteiger partial charge is 0.341 e. The Morgan fingerprint density at radius 2 is 2.18 bits per heavy atom. The molecule has 2 rings (SSSR count). The molecule has 0 aliphatic carbocycles. The third kappa shape index (κ3) is 2.33. The van der Waals surface area contributed by atoms with Crippen LogP contribution >= 0.6 is 23.2 Å². The predicted octanol–water partition coefficient (Wildman–Crippen LogP) is 3.11. The molecule has 0 N–H and O–H groups in total. The van der Waals surface area contributed by atoms with Gasteiger partial charge < -0.3 is 4.74 Å². The summed E-state index contributed by atoms with van der Waals surface area (Å²) in [5, 5.41) is 1.17. The molecule has 2 aromatic heterocycles. The van der Waals surface area contributed by atoms with Gasteiger partial charge in [0.05, 0.1) is 17.2 Å². The fourth-order valence-corrected chi connectivity index (χ4v) is 1.79. The molecule has 0 radical (unpaired) electrons. The van der Waals surface area contributed by atoms with Gasteiger partial charge in [0.15, 0.2) is 5.65 Å². The summed E-state index contributed by atoms with van der Waals surface area (Å²) in [6.45, 7) is 2.01. The fraction of sp³-hybridized carbons (Fsp3) is 0.182. The lowest BCUT2D eigenvalue weighted by Gasteiger charge is -2.05. The van der Waals surface area contributed by atoms with Crippen molar-refractivity contribution in [1.82, 2.24) is 9.97 Å². The Morgan fingerprint density at radius 1 is 1.41 bits per heavy atom. The van der Waals surface area contributed by atoms with Gasteiger partial charge >= 0.3 is 5.97 Å². The Morgan fingerprint density at radius 3 is 2.88 bits per heavy atom. The third-order valence-corrected chi connectivity index (χ3v) is 2.74. The van der Waals surface area contributed by atoms with E-state index < -0.39 is 5.97 Å². The minimum absolute atomic E-state index is 0.227. The Kier molecular flexibility index (Phi) is 3.45. The highest BCUT2D eigenvalue weighted by Gasteiger charge is 2.15. The molecule has 0 unspecified atom stereocenters. The largest absolute Gasteiger partial charge is 0.462 e. The second-order valence-corrected chi connectivity index (χ2v) is 3.98. The number of aromatic nitrogens is 2. The summed E-state index contributed by atoms with van der Waals surface area (Å²) in [7, 11) is 0. The molecule has 88 valence electrons. The number of carbonyl (C=O) groups is 1. The number of rotatable bonds is 2. The van der Waals surface area contributed by atoms with E-state index in [0.29, 0.717) is 16.2 Å². The first-order valence-corrected chi connectivity index (χ1v) is 5.67. The summed E-state index contributed by atoms with van der Waals surface area (Å²) in [5.74, 6) is -0.498. The first kappa shape index (κ1) is 12.1. The number of ether oxygens (including phenoxy) is 1. The van der Waals surface area contributed by atoms with Gasteiger partial charge in [-0.15, -0.1) is 0 Å². The van der Waals surface area contributed by atoms with Gasteiger partial charge in [-0.3, -0.25) is 0 Å². The zero-order chi connectivity index (χ0) is 12.4. The van der Waals surface area contributed by atoms with Crippen molar-refractivity contribution in [3.8, 4) is 0 Å². The number of esters is 1. The number of fused-ring (bicyclic) bond motifs is 1. The van der Waals surface area contributed by atoms with Gasteiger partial charge in [0.2, 0.25) is 0 Å². The van der Waals surface area contributed by atoms with Gasteiger partial charge in [0.25, 0.3) is 0 Å². The summed E-state index contributed by atoms with van der Waals surface area (Å²) in [6.07, 6.45) is 1.34. The van der Waals surface area contributed by atoms with E-state index in [2.05, 4.69) is 9.97 Å². The maximum absolute atomic E-state index is 11.6. The number of nitrogens with zero attached hydrogens (tertiary/aromatic N) is 2. The molecule has 2 aromatic rings. The molecule has 0 fully saturated rings. The molecule has 4 nitrogen and oxygen atoms in total. The number of carbonyl (C=O) groups excluding carboxylic acids is 1. The van der Waals surface area contributed by atoms with Crippen LogP contribution in [0.4, 0.5) is 0 Å². The lowest BCUT2D eigenvalue weighted by molar-refractivity contribution is 0.0526. The van der Waals surface area contributed by atoms with Gasteiger partial charge in [-0.25, -0.2) is 14.8 Å². The van der Waals surface area contributed by atoms with E-state index in [0.717, 1.165) is 0 Å². The minimum atomic E-state index is -0.498. The van der Waals surface area contributed by atoms with Gasteiger partial charge in [-0.2, -0.15) is 0 Å². The lowest BCUT2D eigenvalue weighted by Crippen LogP contribution is -2.06. The van der Waals surface area contributed by atoms with E-state index in [4.69, 9.17) is 27.9 Å². The quantitative estimate of drug-likeness (QED) is 0.622. The number of hydrogen-bond acceptors (Lipinski definition) is 4. The van der Waals surface area contributed by atoms with Crippen molar-refractivity contribution < 1.29 is 9.53 Å². The van der Waals surface area contributed by atoms with Gasteiger partial charge in [0.1, 0.15) is 5.15 Å². The van der Waals surface area contributed by atoms with Crippen molar-refractivity contribution in [2.75, 3.05) is 6.61 Å². The molecule has 0 aliphatic heterocycles. The van der Waals surface area contributed by atoms with Crippen LogP contribution in [0, 0.1) is 0 Å². The molecule has 0 spiro atoms. The second kappa shape index (κ2) is 4.85. The zero-order valence-corrected chi connectivity index (χ0v) is 10.4. The summed E-state index contributed by atoms with van der Waals surface area (Å²) >= 11 is 11.8. The standard InChI is InChI=1S/C11H8Cl2N2O2/c1-2-17-11(16)7-5-14-10-6(9(7)13)3-4-8(12)15-10/h3-5H,2H2,1H3. The summed E-state index contributed by atoms with van der Waals surface area (Å²) < 4.78 is 4.87.